The number of aliphatic carboxylic acids is 1. The average molecular weight is 822 g/mol. The van der Waals surface area contributed by atoms with Crippen LogP contribution >= 0.6 is 15.9 Å². The number of fused-ring (bicyclic) bond motifs is 1. The molecule has 1 aromatic carbocycles. The summed E-state index contributed by atoms with van der Waals surface area (Å²) in [4.78, 5) is 58.9. The van der Waals surface area contributed by atoms with Crippen LogP contribution in [0.25, 0.3) is 11.2 Å². The number of nitrogens with zero attached hydrogens (tertiary/aromatic N) is 3. The second-order valence-electron chi connectivity index (χ2n) is 10.1. The van der Waals surface area contributed by atoms with Crippen molar-refractivity contribution in [2.75, 3.05) is 18.5 Å². The summed E-state index contributed by atoms with van der Waals surface area (Å²) in [5, 5.41) is 85.5. The van der Waals surface area contributed by atoms with Gasteiger partial charge in [-0.25, -0.2) is 19.4 Å². The van der Waals surface area contributed by atoms with E-state index in [9.17, 15) is 19.2 Å². The first-order valence-electron chi connectivity index (χ1n) is 13.2. The monoisotopic (exact) mass is 820 g/mol. The summed E-state index contributed by atoms with van der Waals surface area (Å²) < 4.78 is 2.79. The van der Waals surface area contributed by atoms with Crippen LogP contribution in [0.2, 0.25) is 0 Å². The Morgan fingerprint density at radius 3 is 1.78 bits per heavy atom. The SMILES string of the molecule is CC(=O)Nc1ccc(O)cc1.CC(C)(N)CO.Cn1c(=O)c2[nH]c(Br)nc2n(C)c1=O.O=C(O)O.O=C(O)[C@@H](O)[C@H](O)[C@@H](O)[C@@H](O)CO.[Ca].[Mg]. The maximum Gasteiger partial charge on any atom is 0.503 e. The second-order valence-corrected chi connectivity index (χ2v) is 10.9. The number of phenols is 1. The summed E-state index contributed by atoms with van der Waals surface area (Å²) in [6.07, 6.45) is -9.67. The molecule has 24 heteroatoms. The number of benzene rings is 1. The molecule has 0 bridgehead atoms. The average Bonchev–Trinajstić information content (AvgIpc) is 3.40. The number of carbonyl (C=O) groups excluding carboxylic acids is 1. The van der Waals surface area contributed by atoms with Gasteiger partial charge in [-0.2, -0.15) is 0 Å². The van der Waals surface area contributed by atoms with E-state index >= 15 is 0 Å². The topological polar surface area (TPSA) is 364 Å². The smallest absolute Gasteiger partial charge is 0.503 e. The van der Waals surface area contributed by atoms with E-state index in [1.807, 2.05) is 0 Å². The normalized spacial score (nSPS) is 12.3. The fourth-order valence-corrected chi connectivity index (χ4v) is 3.08. The third kappa shape index (κ3) is 21.7. The fraction of sp³-hybridized carbons (Fsp3) is 0.462. The van der Waals surface area contributed by atoms with E-state index in [1.54, 1.807) is 33.0 Å². The molecule has 0 aliphatic rings. The zero-order valence-electron chi connectivity index (χ0n) is 27.8. The van der Waals surface area contributed by atoms with Crippen molar-refractivity contribution in [2.45, 2.75) is 50.7 Å². The number of carboxylic acid groups (broad SMARTS) is 3. The first-order chi connectivity index (χ1) is 21.9. The number of aryl methyl sites for hydroxylation is 1. The molecule has 2 aromatic heterocycles. The van der Waals surface area contributed by atoms with E-state index in [4.69, 9.17) is 61.6 Å². The fourth-order valence-electron chi connectivity index (χ4n) is 2.71. The van der Waals surface area contributed by atoms with Crippen LogP contribution in [0.15, 0.2) is 38.6 Å². The molecule has 3 aromatic rings. The molecular formula is C26H41BrCaMgN6O15. The van der Waals surface area contributed by atoms with E-state index in [1.165, 1.54) is 30.7 Å². The summed E-state index contributed by atoms with van der Waals surface area (Å²) >= 11 is 3.11. The Kier molecular flexibility index (Phi) is 28.7. The van der Waals surface area contributed by atoms with Gasteiger partial charge in [-0.05, 0) is 54.0 Å². The molecule has 0 unspecified atom stereocenters. The number of aromatic nitrogens is 4. The Hall–Kier alpha value is -2.39. The first-order valence-corrected chi connectivity index (χ1v) is 14.0. The summed E-state index contributed by atoms with van der Waals surface area (Å²) in [5.41, 5.74) is 5.48. The number of aliphatic hydroxyl groups excluding tert-OH is 6. The molecule has 1 amide bonds. The van der Waals surface area contributed by atoms with Gasteiger partial charge in [0.15, 0.2) is 22.0 Å². The minimum Gasteiger partial charge on any atom is -0.508 e. The third-order valence-corrected chi connectivity index (χ3v) is 5.54. The third-order valence-electron chi connectivity index (χ3n) is 5.17. The predicted molar refractivity (Wildman–Crippen MR) is 183 cm³/mol. The maximum atomic E-state index is 11.6. The van der Waals surface area contributed by atoms with Crippen molar-refractivity contribution >= 4 is 112 Å². The molecule has 0 saturated carbocycles. The van der Waals surface area contributed by atoms with E-state index in [0.717, 1.165) is 4.57 Å². The Labute approximate surface area is 338 Å². The summed E-state index contributed by atoms with van der Waals surface area (Å²) in [6, 6.07) is 6.31. The zero-order chi connectivity index (χ0) is 38.1. The number of hydrogen-bond donors (Lipinski definition) is 13. The van der Waals surface area contributed by atoms with Gasteiger partial charge in [-0.1, -0.05) is 0 Å². The second kappa shape index (κ2) is 26.4. The molecule has 21 nitrogen and oxygen atoms in total. The molecule has 2 heterocycles. The number of rotatable bonds is 7. The number of nitrogens with one attached hydrogen (secondary N) is 2. The Bertz CT molecular complexity index is 1580. The first kappa shape index (κ1) is 54.4. The zero-order valence-corrected chi connectivity index (χ0v) is 33.0. The Balaban J connectivity index is -0.000000276. The minimum absolute atomic E-state index is 0. The number of nitrogens with two attached hydrogens (primary N) is 1. The molecule has 50 heavy (non-hydrogen) atoms. The van der Waals surface area contributed by atoms with E-state index in [0.29, 0.717) is 21.6 Å². The number of carboxylic acids is 1. The number of aromatic amines is 1. The quantitative estimate of drug-likeness (QED) is 0.0632. The van der Waals surface area contributed by atoms with Gasteiger partial charge in [0.1, 0.15) is 24.1 Å². The van der Waals surface area contributed by atoms with Crippen molar-refractivity contribution in [2.24, 2.45) is 19.8 Å². The van der Waals surface area contributed by atoms with Gasteiger partial charge in [0.05, 0.1) is 13.2 Å². The van der Waals surface area contributed by atoms with Gasteiger partial charge >= 0.3 is 17.8 Å². The molecule has 276 valence electrons. The van der Waals surface area contributed by atoms with Crippen molar-refractivity contribution in [3.05, 3.63) is 49.8 Å². The summed E-state index contributed by atoms with van der Waals surface area (Å²) in [7, 11) is 3.00. The number of phenolic OH excluding ortho intramolecular Hbond substituents is 1. The van der Waals surface area contributed by atoms with Crippen LogP contribution in [0.1, 0.15) is 20.8 Å². The molecule has 0 fully saturated rings. The van der Waals surface area contributed by atoms with Gasteiger partial charge in [0.2, 0.25) is 5.91 Å². The molecule has 0 saturated heterocycles. The maximum absolute atomic E-state index is 11.6. The van der Waals surface area contributed by atoms with Crippen LogP contribution in [-0.4, -0.2) is 192 Å². The van der Waals surface area contributed by atoms with E-state index in [2.05, 4.69) is 31.2 Å². The van der Waals surface area contributed by atoms with Gasteiger partial charge in [-0.3, -0.25) is 18.7 Å². The molecule has 0 aliphatic carbocycles. The van der Waals surface area contributed by atoms with Crippen molar-refractivity contribution in [3.63, 3.8) is 0 Å². The number of aliphatic hydroxyl groups is 6. The predicted octanol–water partition coefficient (Wildman–Crippen LogP) is -3.24. The Morgan fingerprint density at radius 1 is 0.980 bits per heavy atom. The number of anilines is 1. The molecule has 3 rings (SSSR count). The van der Waals surface area contributed by atoms with Crippen LogP contribution in [-0.2, 0) is 23.7 Å². The van der Waals surface area contributed by atoms with Gasteiger partial charge in [0.25, 0.3) is 5.56 Å². The van der Waals surface area contributed by atoms with Crippen molar-refractivity contribution in [1.82, 2.24) is 19.1 Å². The Morgan fingerprint density at radius 2 is 1.42 bits per heavy atom. The summed E-state index contributed by atoms with van der Waals surface area (Å²) in [6.45, 7) is 4.18. The molecule has 14 N–H and O–H groups in total. The molecule has 0 aliphatic heterocycles. The van der Waals surface area contributed by atoms with Gasteiger partial charge in [0, 0.05) is 93.0 Å². The van der Waals surface area contributed by atoms with E-state index in [-0.39, 0.29) is 90.3 Å². The van der Waals surface area contributed by atoms with Crippen molar-refractivity contribution in [3.8, 4) is 5.75 Å². The van der Waals surface area contributed by atoms with Gasteiger partial charge in [-0.15, -0.1) is 0 Å². The molecule has 4 radical (unpaired) electrons. The number of aromatic hydroxyl groups is 1. The number of carbonyl (C=O) groups is 3. The molecular weight excluding hydrogens is 781 g/mol. The number of imidazole rings is 1. The standard InChI is InChI=1S/C8H9NO2.C7H7BrN4O2.C6H12O7.C4H11NO.CH2O3.Ca.Mg/c1-6(10)9-7-2-4-8(11)5-3-7;1-11-4-3(9-6(8)10-4)5(13)12(2)7(11)14;7-1-2(8)3(9)4(10)5(11)6(12)13;1-4(2,5)3-6;2-1(3)4;;/h2-5,11H,1H3,(H,9,10);1-2H3,(H,9,10);2-5,7-11H,1H2,(H,12,13);6H,3,5H2,1-2H3;(H2,2,3,4);;/t;;2-,3-,4+,5-;;;;/m..0..../s1. The number of halogens is 1. The van der Waals surface area contributed by atoms with Crippen molar-refractivity contribution < 1.29 is 65.4 Å². The number of hydrogen-bond acceptors (Lipinski definition) is 14. The van der Waals surface area contributed by atoms with Crippen LogP contribution < -0.4 is 22.3 Å². The molecule has 0 spiro atoms. The minimum atomic E-state index is -2.20. The van der Waals surface area contributed by atoms with Crippen LogP contribution in [0.4, 0.5) is 10.5 Å². The van der Waals surface area contributed by atoms with Crippen molar-refractivity contribution in [1.29, 1.82) is 0 Å². The summed E-state index contributed by atoms with van der Waals surface area (Å²) in [5.74, 6) is -1.65. The van der Waals surface area contributed by atoms with Crippen LogP contribution in [0.5, 0.6) is 5.75 Å². The molecule has 4 atom stereocenters. The van der Waals surface area contributed by atoms with Gasteiger partial charge < -0.3 is 67.1 Å². The van der Waals surface area contributed by atoms with Crippen LogP contribution in [0, 0.1) is 0 Å². The largest absolute Gasteiger partial charge is 0.508 e. The number of amides is 1. The van der Waals surface area contributed by atoms with Crippen LogP contribution in [0.3, 0.4) is 0 Å². The number of H-pyrrole nitrogens is 1. The van der Waals surface area contributed by atoms with E-state index < -0.39 is 48.7 Å².